The molecule has 0 spiro atoms. The van der Waals surface area contributed by atoms with Crippen LogP contribution in [0.25, 0.3) is 16.9 Å². The number of hydrogen-bond acceptors (Lipinski definition) is 4. The molecule has 0 fully saturated rings. The van der Waals surface area contributed by atoms with Crippen molar-refractivity contribution in [3.8, 4) is 11.1 Å². The molecular formula is C13H7ClF5N5. The highest BCUT2D eigenvalue weighted by Crippen LogP contribution is 2.37. The highest BCUT2D eigenvalue weighted by atomic mass is 35.5. The van der Waals surface area contributed by atoms with E-state index in [1.165, 1.54) is 0 Å². The van der Waals surface area contributed by atoms with Crippen molar-refractivity contribution in [1.29, 1.82) is 0 Å². The average molecular weight is 364 g/mol. The number of nitrogens with zero attached hydrogens (tertiary/aromatic N) is 4. The minimum Gasteiger partial charge on any atom is -0.360 e. The lowest BCUT2D eigenvalue weighted by Crippen LogP contribution is -2.23. The van der Waals surface area contributed by atoms with Gasteiger partial charge in [0.2, 0.25) is 0 Å². The van der Waals surface area contributed by atoms with Gasteiger partial charge in [-0.1, -0.05) is 17.7 Å². The fraction of sp³-hybridized carbons (Fsp3) is 0.154. The van der Waals surface area contributed by atoms with Gasteiger partial charge in [-0.3, -0.25) is 0 Å². The number of benzene rings is 1. The van der Waals surface area contributed by atoms with Crippen LogP contribution in [0.5, 0.6) is 0 Å². The molecule has 0 saturated heterocycles. The summed E-state index contributed by atoms with van der Waals surface area (Å²) in [5.74, 6) is -2.50. The van der Waals surface area contributed by atoms with Crippen LogP contribution in [-0.2, 0) is 0 Å². The van der Waals surface area contributed by atoms with Gasteiger partial charge < -0.3 is 5.32 Å². The van der Waals surface area contributed by atoms with E-state index in [9.17, 15) is 22.0 Å². The number of hydrogen-bond donors (Lipinski definition) is 1. The van der Waals surface area contributed by atoms with Gasteiger partial charge in [-0.15, -0.1) is 0 Å². The Kier molecular flexibility index (Phi) is 3.99. The molecule has 0 unspecified atom stereocenters. The van der Waals surface area contributed by atoms with Gasteiger partial charge in [0, 0.05) is 0 Å². The SMILES string of the molecule is Fc1cccc(F)c1-c1c(Cl)nc2ncnn2c1NCC(F)(F)F. The van der Waals surface area contributed by atoms with E-state index in [1.807, 2.05) is 0 Å². The Hall–Kier alpha value is -2.49. The lowest BCUT2D eigenvalue weighted by molar-refractivity contribution is -0.115. The molecule has 1 N–H and O–H groups in total. The molecule has 1 aromatic carbocycles. The normalized spacial score (nSPS) is 11.9. The Morgan fingerprint density at radius 1 is 1.12 bits per heavy atom. The lowest BCUT2D eigenvalue weighted by atomic mass is 10.1. The first-order chi connectivity index (χ1) is 11.3. The van der Waals surface area contributed by atoms with E-state index in [0.717, 1.165) is 29.0 Å². The Balaban J connectivity index is 2.28. The number of rotatable bonds is 3. The highest BCUT2D eigenvalue weighted by molar-refractivity contribution is 6.33. The van der Waals surface area contributed by atoms with Gasteiger partial charge in [-0.05, 0) is 12.1 Å². The number of alkyl halides is 3. The Labute approximate surface area is 136 Å². The maximum absolute atomic E-state index is 14.1. The van der Waals surface area contributed by atoms with Crippen molar-refractivity contribution in [2.24, 2.45) is 0 Å². The van der Waals surface area contributed by atoms with Crippen molar-refractivity contribution < 1.29 is 22.0 Å². The molecule has 0 aliphatic heterocycles. The largest absolute Gasteiger partial charge is 0.405 e. The summed E-state index contributed by atoms with van der Waals surface area (Å²) in [5, 5.41) is 5.36. The zero-order valence-electron chi connectivity index (χ0n) is 11.6. The van der Waals surface area contributed by atoms with Gasteiger partial charge in [0.15, 0.2) is 0 Å². The lowest BCUT2D eigenvalue weighted by Gasteiger charge is -2.16. The molecule has 2 heterocycles. The van der Waals surface area contributed by atoms with Crippen molar-refractivity contribution in [3.05, 3.63) is 41.3 Å². The van der Waals surface area contributed by atoms with E-state index in [4.69, 9.17) is 11.6 Å². The number of nitrogens with one attached hydrogen (secondary N) is 1. The molecule has 0 aliphatic rings. The topological polar surface area (TPSA) is 55.1 Å². The molecule has 2 aromatic heterocycles. The molecule has 0 bridgehead atoms. The second kappa shape index (κ2) is 5.86. The second-order valence-electron chi connectivity index (χ2n) is 4.66. The minimum absolute atomic E-state index is 0.120. The van der Waals surface area contributed by atoms with Gasteiger partial charge in [-0.25, -0.2) is 8.78 Å². The third-order valence-corrected chi connectivity index (χ3v) is 3.33. The van der Waals surface area contributed by atoms with E-state index in [0.29, 0.717) is 0 Å². The fourth-order valence-corrected chi connectivity index (χ4v) is 2.38. The van der Waals surface area contributed by atoms with Crippen LogP contribution >= 0.6 is 11.6 Å². The quantitative estimate of drug-likeness (QED) is 0.569. The summed E-state index contributed by atoms with van der Waals surface area (Å²) in [7, 11) is 0. The first-order valence-corrected chi connectivity index (χ1v) is 6.80. The fourth-order valence-electron chi connectivity index (χ4n) is 2.12. The summed E-state index contributed by atoms with van der Waals surface area (Å²) in [5.41, 5.74) is -0.994. The van der Waals surface area contributed by atoms with Crippen LogP contribution in [0.4, 0.5) is 27.8 Å². The van der Waals surface area contributed by atoms with Crippen LogP contribution in [0.1, 0.15) is 0 Å². The van der Waals surface area contributed by atoms with Crippen LogP contribution in [-0.4, -0.2) is 32.3 Å². The van der Waals surface area contributed by atoms with Gasteiger partial charge in [0.1, 0.15) is 35.5 Å². The molecule has 126 valence electrons. The zero-order valence-corrected chi connectivity index (χ0v) is 12.3. The highest BCUT2D eigenvalue weighted by Gasteiger charge is 2.29. The standard InChI is InChI=1S/C13H7ClF5N5/c14-10-9(8-6(15)2-1-3-7(8)16)11(20-4-13(17,18)19)24-12(23-10)21-5-22-24/h1-3,5,20H,4H2. The van der Waals surface area contributed by atoms with Crippen LogP contribution in [0.15, 0.2) is 24.5 Å². The monoisotopic (exact) mass is 363 g/mol. The summed E-state index contributed by atoms with van der Waals surface area (Å²) in [6.45, 7) is -1.47. The van der Waals surface area contributed by atoms with Crippen molar-refractivity contribution in [2.45, 2.75) is 6.18 Å². The summed E-state index contributed by atoms with van der Waals surface area (Å²) >= 11 is 5.95. The Morgan fingerprint density at radius 3 is 2.42 bits per heavy atom. The number of anilines is 1. The van der Waals surface area contributed by atoms with Gasteiger partial charge >= 0.3 is 6.18 Å². The smallest absolute Gasteiger partial charge is 0.360 e. The number of aromatic nitrogens is 4. The molecule has 3 rings (SSSR count). The van der Waals surface area contributed by atoms with Crippen molar-refractivity contribution in [1.82, 2.24) is 19.6 Å². The van der Waals surface area contributed by atoms with Crippen molar-refractivity contribution >= 4 is 23.2 Å². The first kappa shape index (κ1) is 16.4. The summed E-state index contributed by atoms with van der Waals surface area (Å²) in [6, 6.07) is 3.02. The molecule has 0 saturated carbocycles. The summed E-state index contributed by atoms with van der Waals surface area (Å²) in [6.07, 6.45) is -3.55. The van der Waals surface area contributed by atoms with Crippen LogP contribution < -0.4 is 5.32 Å². The molecule has 24 heavy (non-hydrogen) atoms. The summed E-state index contributed by atoms with van der Waals surface area (Å²) < 4.78 is 66.7. The predicted molar refractivity (Wildman–Crippen MR) is 75.7 cm³/mol. The van der Waals surface area contributed by atoms with Crippen molar-refractivity contribution in [2.75, 3.05) is 11.9 Å². The van der Waals surface area contributed by atoms with Gasteiger partial charge in [-0.2, -0.15) is 32.8 Å². The van der Waals surface area contributed by atoms with Crippen LogP contribution in [0, 0.1) is 11.6 Å². The molecule has 11 heteroatoms. The van der Waals surface area contributed by atoms with Crippen LogP contribution in [0.2, 0.25) is 5.15 Å². The second-order valence-corrected chi connectivity index (χ2v) is 5.02. The van der Waals surface area contributed by atoms with Crippen molar-refractivity contribution in [3.63, 3.8) is 0 Å². The van der Waals surface area contributed by atoms with E-state index in [2.05, 4.69) is 20.4 Å². The summed E-state index contributed by atoms with van der Waals surface area (Å²) in [4.78, 5) is 7.51. The molecular weight excluding hydrogens is 357 g/mol. The Morgan fingerprint density at radius 2 is 1.79 bits per heavy atom. The molecule has 0 radical (unpaired) electrons. The number of fused-ring (bicyclic) bond motifs is 1. The molecule has 0 atom stereocenters. The van der Waals surface area contributed by atoms with E-state index in [-0.39, 0.29) is 17.2 Å². The van der Waals surface area contributed by atoms with E-state index in [1.54, 1.807) is 0 Å². The molecule has 0 amide bonds. The molecule has 5 nitrogen and oxygen atoms in total. The maximum Gasteiger partial charge on any atom is 0.405 e. The first-order valence-electron chi connectivity index (χ1n) is 6.42. The Bertz CT molecular complexity index is 887. The molecule has 3 aromatic rings. The zero-order chi connectivity index (χ0) is 17.5. The molecule has 0 aliphatic carbocycles. The predicted octanol–water partition coefficient (Wildman–Crippen LogP) is 3.70. The third-order valence-electron chi connectivity index (χ3n) is 3.05. The van der Waals surface area contributed by atoms with Gasteiger partial charge in [0.25, 0.3) is 5.78 Å². The van der Waals surface area contributed by atoms with Gasteiger partial charge in [0.05, 0.1) is 11.1 Å². The van der Waals surface area contributed by atoms with E-state index >= 15 is 0 Å². The van der Waals surface area contributed by atoms with E-state index < -0.39 is 35.1 Å². The minimum atomic E-state index is -4.58. The average Bonchev–Trinajstić information content (AvgIpc) is 2.93. The third kappa shape index (κ3) is 2.96. The number of halogens is 6. The maximum atomic E-state index is 14.1. The van der Waals surface area contributed by atoms with Crippen LogP contribution in [0.3, 0.4) is 0 Å².